The predicted octanol–water partition coefficient (Wildman–Crippen LogP) is 2.48. The van der Waals surface area contributed by atoms with Gasteiger partial charge in [0.2, 0.25) is 0 Å². The number of ether oxygens (including phenoxy) is 1. The van der Waals surface area contributed by atoms with E-state index in [4.69, 9.17) is 4.74 Å². The molecule has 0 amide bonds. The Morgan fingerprint density at radius 3 is 2.50 bits per heavy atom. The SMILES string of the molecule is Cl.Cl.c1ccc(CN2CCOC3(CCNCC3)C2)cc1. The third-order valence-electron chi connectivity index (χ3n) is 4.09. The zero-order chi connectivity index (χ0) is 12.3. The van der Waals surface area contributed by atoms with E-state index in [2.05, 4.69) is 40.5 Å². The van der Waals surface area contributed by atoms with Gasteiger partial charge in [-0.15, -0.1) is 24.8 Å². The van der Waals surface area contributed by atoms with E-state index in [0.29, 0.717) is 0 Å². The van der Waals surface area contributed by atoms with Crippen molar-refractivity contribution in [2.45, 2.75) is 25.0 Å². The highest BCUT2D eigenvalue weighted by molar-refractivity contribution is 5.85. The number of halogens is 2. The van der Waals surface area contributed by atoms with Gasteiger partial charge in [-0.05, 0) is 31.5 Å². The largest absolute Gasteiger partial charge is 0.372 e. The normalized spacial score (nSPS) is 21.8. The second-order valence-electron chi connectivity index (χ2n) is 5.48. The van der Waals surface area contributed by atoms with Gasteiger partial charge in [0.1, 0.15) is 0 Å². The molecule has 0 bridgehead atoms. The lowest BCUT2D eigenvalue weighted by Gasteiger charge is -2.45. The molecule has 2 heterocycles. The summed E-state index contributed by atoms with van der Waals surface area (Å²) < 4.78 is 6.09. The number of nitrogens with one attached hydrogen (secondary N) is 1. The van der Waals surface area contributed by atoms with Gasteiger partial charge in [0, 0.05) is 19.6 Å². The summed E-state index contributed by atoms with van der Waals surface area (Å²) in [6, 6.07) is 10.7. The molecule has 0 unspecified atom stereocenters. The van der Waals surface area contributed by atoms with Crippen molar-refractivity contribution in [2.24, 2.45) is 0 Å². The minimum atomic E-state index is 0. The summed E-state index contributed by atoms with van der Waals surface area (Å²) >= 11 is 0. The van der Waals surface area contributed by atoms with Crippen LogP contribution in [0, 0.1) is 0 Å². The molecule has 0 atom stereocenters. The van der Waals surface area contributed by atoms with Crippen molar-refractivity contribution in [3.8, 4) is 0 Å². The Hall–Kier alpha value is -0.320. The summed E-state index contributed by atoms with van der Waals surface area (Å²) in [4.78, 5) is 2.55. The van der Waals surface area contributed by atoms with Crippen molar-refractivity contribution < 1.29 is 4.74 Å². The summed E-state index contributed by atoms with van der Waals surface area (Å²) in [7, 11) is 0. The van der Waals surface area contributed by atoms with E-state index in [9.17, 15) is 0 Å². The van der Waals surface area contributed by atoms with Crippen molar-refractivity contribution >= 4 is 24.8 Å². The summed E-state index contributed by atoms with van der Waals surface area (Å²) in [6.45, 7) is 6.28. The van der Waals surface area contributed by atoms with Crippen molar-refractivity contribution in [1.82, 2.24) is 10.2 Å². The average Bonchev–Trinajstić information content (AvgIpc) is 2.41. The number of morpholine rings is 1. The average molecular weight is 319 g/mol. The predicted molar refractivity (Wildman–Crippen MR) is 87.0 cm³/mol. The van der Waals surface area contributed by atoms with Gasteiger partial charge in [0.15, 0.2) is 0 Å². The van der Waals surface area contributed by atoms with Gasteiger partial charge in [-0.25, -0.2) is 0 Å². The first-order chi connectivity index (χ1) is 8.86. The highest BCUT2D eigenvalue weighted by atomic mass is 35.5. The lowest BCUT2D eigenvalue weighted by atomic mass is 9.90. The molecular weight excluding hydrogens is 295 g/mol. The maximum Gasteiger partial charge on any atom is 0.0833 e. The molecule has 2 fully saturated rings. The van der Waals surface area contributed by atoms with Gasteiger partial charge in [0.25, 0.3) is 0 Å². The van der Waals surface area contributed by atoms with Gasteiger partial charge in [-0.3, -0.25) is 4.90 Å². The molecule has 1 spiro atoms. The van der Waals surface area contributed by atoms with E-state index in [1.54, 1.807) is 0 Å². The van der Waals surface area contributed by atoms with Crippen LogP contribution in [0.4, 0.5) is 0 Å². The minimum Gasteiger partial charge on any atom is -0.372 e. The number of hydrogen-bond acceptors (Lipinski definition) is 3. The molecule has 1 aromatic rings. The fourth-order valence-corrected chi connectivity index (χ4v) is 3.08. The number of rotatable bonds is 2. The first kappa shape index (κ1) is 17.7. The first-order valence-corrected chi connectivity index (χ1v) is 6.97. The van der Waals surface area contributed by atoms with Crippen molar-refractivity contribution in [1.29, 1.82) is 0 Å². The lowest BCUT2D eigenvalue weighted by molar-refractivity contribution is -0.125. The van der Waals surface area contributed by atoms with Crippen LogP contribution in [0.2, 0.25) is 0 Å². The number of piperidine rings is 1. The Labute approximate surface area is 133 Å². The van der Waals surface area contributed by atoms with Crippen molar-refractivity contribution in [3.05, 3.63) is 35.9 Å². The maximum atomic E-state index is 6.09. The molecule has 1 N–H and O–H groups in total. The van der Waals surface area contributed by atoms with Crippen LogP contribution >= 0.6 is 24.8 Å². The Balaban J connectivity index is 0.000001000. The molecule has 114 valence electrons. The highest BCUT2D eigenvalue weighted by Crippen LogP contribution is 2.28. The zero-order valence-electron chi connectivity index (χ0n) is 11.7. The molecule has 2 aliphatic rings. The molecule has 1 aromatic carbocycles. The highest BCUT2D eigenvalue weighted by Gasteiger charge is 2.37. The Morgan fingerprint density at radius 1 is 1.10 bits per heavy atom. The first-order valence-electron chi connectivity index (χ1n) is 6.97. The third kappa shape index (κ3) is 4.34. The van der Waals surface area contributed by atoms with E-state index < -0.39 is 0 Å². The van der Waals surface area contributed by atoms with E-state index in [0.717, 1.165) is 52.2 Å². The van der Waals surface area contributed by atoms with Gasteiger partial charge in [-0.2, -0.15) is 0 Å². The molecule has 0 saturated carbocycles. The number of nitrogens with zero attached hydrogens (tertiary/aromatic N) is 1. The van der Waals surface area contributed by atoms with Gasteiger partial charge < -0.3 is 10.1 Å². The monoisotopic (exact) mass is 318 g/mol. The quantitative estimate of drug-likeness (QED) is 0.906. The summed E-state index contributed by atoms with van der Waals surface area (Å²) in [5.41, 5.74) is 1.53. The van der Waals surface area contributed by atoms with E-state index in [1.165, 1.54) is 5.56 Å². The van der Waals surface area contributed by atoms with Crippen LogP contribution in [0.5, 0.6) is 0 Å². The fraction of sp³-hybridized carbons (Fsp3) is 0.600. The number of hydrogen-bond donors (Lipinski definition) is 1. The second kappa shape index (κ2) is 8.20. The summed E-state index contributed by atoms with van der Waals surface area (Å²) in [5, 5.41) is 3.42. The van der Waals surface area contributed by atoms with E-state index >= 15 is 0 Å². The second-order valence-corrected chi connectivity index (χ2v) is 5.48. The molecular formula is C15H24Cl2N2O. The van der Waals surface area contributed by atoms with Crippen molar-refractivity contribution in [2.75, 3.05) is 32.8 Å². The van der Waals surface area contributed by atoms with Crippen molar-refractivity contribution in [3.63, 3.8) is 0 Å². The standard InChI is InChI=1S/C15H22N2O.2ClH/c1-2-4-14(5-3-1)12-17-10-11-18-15(13-17)6-8-16-9-7-15;;/h1-5,16H,6-13H2;2*1H. The molecule has 0 aliphatic carbocycles. The Kier molecular flexibility index (Phi) is 7.27. The molecule has 0 radical (unpaired) electrons. The lowest BCUT2D eigenvalue weighted by Crippen LogP contribution is -2.55. The van der Waals surface area contributed by atoms with E-state index in [1.807, 2.05) is 0 Å². The van der Waals surface area contributed by atoms with Crippen LogP contribution < -0.4 is 5.32 Å². The smallest absolute Gasteiger partial charge is 0.0833 e. The molecule has 2 aliphatic heterocycles. The maximum absolute atomic E-state index is 6.09. The summed E-state index contributed by atoms with van der Waals surface area (Å²) in [6.07, 6.45) is 2.30. The van der Waals surface area contributed by atoms with E-state index in [-0.39, 0.29) is 30.4 Å². The van der Waals surface area contributed by atoms with Crippen LogP contribution in [0.3, 0.4) is 0 Å². The molecule has 20 heavy (non-hydrogen) atoms. The van der Waals surface area contributed by atoms with Gasteiger partial charge in [-0.1, -0.05) is 30.3 Å². The molecule has 0 aromatic heterocycles. The van der Waals surface area contributed by atoms with Crippen LogP contribution in [0.25, 0.3) is 0 Å². The topological polar surface area (TPSA) is 24.5 Å². The molecule has 5 heteroatoms. The minimum absolute atomic E-state index is 0. The fourth-order valence-electron chi connectivity index (χ4n) is 3.08. The van der Waals surface area contributed by atoms with Gasteiger partial charge in [0.05, 0.1) is 12.2 Å². The van der Waals surface area contributed by atoms with Gasteiger partial charge >= 0.3 is 0 Å². The summed E-state index contributed by atoms with van der Waals surface area (Å²) in [5.74, 6) is 0. The molecule has 2 saturated heterocycles. The van der Waals surface area contributed by atoms with Crippen LogP contribution in [-0.4, -0.2) is 43.3 Å². The Bertz CT molecular complexity index is 377. The zero-order valence-corrected chi connectivity index (χ0v) is 13.3. The third-order valence-corrected chi connectivity index (χ3v) is 4.09. The molecule has 3 rings (SSSR count). The Morgan fingerprint density at radius 2 is 1.80 bits per heavy atom. The van der Waals surface area contributed by atoms with Crippen LogP contribution in [0.15, 0.2) is 30.3 Å². The van der Waals surface area contributed by atoms with Crippen LogP contribution in [0.1, 0.15) is 18.4 Å². The number of benzene rings is 1. The molecule has 3 nitrogen and oxygen atoms in total. The van der Waals surface area contributed by atoms with Crippen LogP contribution in [-0.2, 0) is 11.3 Å².